The number of ether oxygens (including phenoxy) is 1. The van der Waals surface area contributed by atoms with Crippen molar-refractivity contribution in [3.8, 4) is 0 Å². The van der Waals surface area contributed by atoms with E-state index in [4.69, 9.17) is 10.5 Å². The fourth-order valence-corrected chi connectivity index (χ4v) is 1.90. The molecule has 1 aromatic heterocycles. The van der Waals surface area contributed by atoms with Crippen molar-refractivity contribution >= 4 is 0 Å². The van der Waals surface area contributed by atoms with Crippen LogP contribution < -0.4 is 17.0 Å². The van der Waals surface area contributed by atoms with Gasteiger partial charge in [0, 0.05) is 24.7 Å². The number of nitrogens with zero attached hydrogens (tertiary/aromatic N) is 1. The first-order chi connectivity index (χ1) is 8.02. The normalized spacial score (nSPS) is 28.5. The second-order valence-corrected chi connectivity index (χ2v) is 4.15. The number of aromatic amines is 1. The average Bonchev–Trinajstić information content (AvgIpc) is 2.65. The average molecular weight is 241 g/mol. The van der Waals surface area contributed by atoms with Gasteiger partial charge in [-0.1, -0.05) is 0 Å². The van der Waals surface area contributed by atoms with Crippen LogP contribution in [0.25, 0.3) is 0 Å². The predicted molar refractivity (Wildman–Crippen MR) is 59.6 cm³/mol. The molecule has 3 atom stereocenters. The summed E-state index contributed by atoms with van der Waals surface area (Å²) in [4.78, 5) is 25.0. The van der Waals surface area contributed by atoms with Crippen molar-refractivity contribution in [2.75, 3.05) is 6.54 Å². The van der Waals surface area contributed by atoms with Gasteiger partial charge in [-0.2, -0.15) is 0 Å². The first-order valence-corrected chi connectivity index (χ1v) is 5.38. The third kappa shape index (κ3) is 2.17. The summed E-state index contributed by atoms with van der Waals surface area (Å²) in [5.41, 5.74) is 4.88. The van der Waals surface area contributed by atoms with Crippen LogP contribution in [0.15, 0.2) is 15.8 Å². The topological polar surface area (TPSA) is 110 Å². The Labute approximate surface area is 96.8 Å². The molecule has 7 heteroatoms. The molecule has 2 rings (SSSR count). The van der Waals surface area contributed by atoms with Crippen LogP contribution in [0.2, 0.25) is 0 Å². The number of nitrogens with two attached hydrogens (primary N) is 1. The summed E-state index contributed by atoms with van der Waals surface area (Å²) in [5, 5.41) is 9.64. The molecule has 4 N–H and O–H groups in total. The number of rotatable bonds is 2. The molecule has 7 nitrogen and oxygen atoms in total. The van der Waals surface area contributed by atoms with E-state index in [9.17, 15) is 14.7 Å². The largest absolute Gasteiger partial charge is 0.390 e. The maximum Gasteiger partial charge on any atom is 0.330 e. The molecule has 0 aliphatic carbocycles. The zero-order valence-electron chi connectivity index (χ0n) is 9.42. The van der Waals surface area contributed by atoms with Crippen LogP contribution >= 0.6 is 0 Å². The van der Waals surface area contributed by atoms with Crippen LogP contribution in [-0.2, 0) is 4.74 Å². The standard InChI is InChI=1S/C10H15N3O4/c1-5-4-13(10(16)12-9(5)15)8-2-6(14)7(3-11)17-8/h4,6-8,14H,2-3,11H2,1H3,(H,12,15,16)/t6-,7?,8?/m1/s1. The molecule has 0 radical (unpaired) electrons. The van der Waals surface area contributed by atoms with E-state index in [0.717, 1.165) is 0 Å². The third-order valence-corrected chi connectivity index (χ3v) is 2.89. The second-order valence-electron chi connectivity index (χ2n) is 4.15. The highest BCUT2D eigenvalue weighted by Gasteiger charge is 2.34. The molecule has 94 valence electrons. The van der Waals surface area contributed by atoms with Crippen LogP contribution in [0, 0.1) is 6.92 Å². The second kappa shape index (κ2) is 4.44. The lowest BCUT2D eigenvalue weighted by Gasteiger charge is -2.14. The fraction of sp³-hybridized carbons (Fsp3) is 0.600. The molecule has 1 fully saturated rings. The Morgan fingerprint density at radius 1 is 1.65 bits per heavy atom. The number of hydrogen-bond acceptors (Lipinski definition) is 5. The van der Waals surface area contributed by atoms with Gasteiger partial charge in [-0.25, -0.2) is 4.79 Å². The minimum Gasteiger partial charge on any atom is -0.390 e. The van der Waals surface area contributed by atoms with E-state index in [2.05, 4.69) is 4.98 Å². The summed E-state index contributed by atoms with van der Waals surface area (Å²) in [6, 6.07) is 0. The lowest BCUT2D eigenvalue weighted by Crippen LogP contribution is -2.33. The van der Waals surface area contributed by atoms with Crippen LogP contribution in [0.1, 0.15) is 18.2 Å². The number of aromatic nitrogens is 2. The lowest BCUT2D eigenvalue weighted by molar-refractivity contribution is -0.0152. The summed E-state index contributed by atoms with van der Waals surface area (Å²) < 4.78 is 6.72. The van der Waals surface area contributed by atoms with Crippen molar-refractivity contribution in [1.82, 2.24) is 9.55 Å². The molecule has 0 bridgehead atoms. The SMILES string of the molecule is Cc1cn(C2C[C@@H](O)C(CN)O2)c(=O)[nH]c1=O. The lowest BCUT2D eigenvalue weighted by atomic mass is 10.2. The molecule has 2 unspecified atom stereocenters. The molecule has 0 amide bonds. The highest BCUT2D eigenvalue weighted by atomic mass is 16.5. The molecular weight excluding hydrogens is 226 g/mol. The molecule has 0 aromatic carbocycles. The zero-order valence-corrected chi connectivity index (χ0v) is 9.42. The number of hydrogen-bond donors (Lipinski definition) is 3. The molecule has 1 aliphatic rings. The Morgan fingerprint density at radius 3 is 2.94 bits per heavy atom. The summed E-state index contributed by atoms with van der Waals surface area (Å²) in [6.07, 6.45) is -0.0325. The molecule has 1 aliphatic heterocycles. The smallest absolute Gasteiger partial charge is 0.330 e. The number of aliphatic hydroxyl groups is 1. The number of H-pyrrole nitrogens is 1. The first kappa shape index (κ1) is 12.0. The van der Waals surface area contributed by atoms with Crippen LogP contribution in [0.5, 0.6) is 0 Å². The summed E-state index contributed by atoms with van der Waals surface area (Å²) >= 11 is 0. The molecule has 2 heterocycles. The van der Waals surface area contributed by atoms with Gasteiger partial charge in [0.15, 0.2) is 0 Å². The minimum absolute atomic E-state index is 0.189. The van der Waals surface area contributed by atoms with E-state index in [1.165, 1.54) is 10.8 Å². The van der Waals surface area contributed by atoms with Crippen molar-refractivity contribution in [2.45, 2.75) is 31.8 Å². The molecule has 1 saturated heterocycles. The van der Waals surface area contributed by atoms with Crippen molar-refractivity contribution in [3.05, 3.63) is 32.6 Å². The molecule has 1 aromatic rings. The van der Waals surface area contributed by atoms with E-state index in [1.54, 1.807) is 6.92 Å². The van der Waals surface area contributed by atoms with Crippen LogP contribution in [0.4, 0.5) is 0 Å². The van der Waals surface area contributed by atoms with Gasteiger partial charge in [-0.15, -0.1) is 0 Å². The van der Waals surface area contributed by atoms with E-state index < -0.39 is 29.7 Å². The molecule has 0 saturated carbocycles. The quantitative estimate of drug-likeness (QED) is 0.580. The van der Waals surface area contributed by atoms with Gasteiger partial charge in [-0.3, -0.25) is 14.3 Å². The number of aryl methyl sites for hydroxylation is 1. The number of nitrogens with one attached hydrogen (secondary N) is 1. The van der Waals surface area contributed by atoms with E-state index in [1.807, 2.05) is 0 Å². The van der Waals surface area contributed by atoms with Crippen molar-refractivity contribution < 1.29 is 9.84 Å². The van der Waals surface area contributed by atoms with Gasteiger partial charge in [-0.05, 0) is 6.92 Å². The molecule has 0 spiro atoms. The van der Waals surface area contributed by atoms with Gasteiger partial charge in [0.2, 0.25) is 0 Å². The third-order valence-electron chi connectivity index (χ3n) is 2.89. The summed E-state index contributed by atoms with van der Waals surface area (Å²) in [6.45, 7) is 1.79. The van der Waals surface area contributed by atoms with Crippen molar-refractivity contribution in [3.63, 3.8) is 0 Å². The van der Waals surface area contributed by atoms with Gasteiger partial charge in [0.1, 0.15) is 6.23 Å². The van der Waals surface area contributed by atoms with Crippen molar-refractivity contribution in [1.29, 1.82) is 0 Å². The Bertz CT molecular complexity index is 521. The highest BCUT2D eigenvalue weighted by molar-refractivity contribution is 5.02. The Kier molecular flexibility index (Phi) is 3.14. The van der Waals surface area contributed by atoms with Crippen molar-refractivity contribution in [2.24, 2.45) is 5.73 Å². The van der Waals surface area contributed by atoms with Crippen LogP contribution in [-0.4, -0.2) is 33.4 Å². The van der Waals surface area contributed by atoms with E-state index >= 15 is 0 Å². The maximum absolute atomic E-state index is 11.6. The Balaban J connectivity index is 2.34. The summed E-state index contributed by atoms with van der Waals surface area (Å²) in [7, 11) is 0. The highest BCUT2D eigenvalue weighted by Crippen LogP contribution is 2.26. The van der Waals surface area contributed by atoms with Gasteiger partial charge in [0.25, 0.3) is 5.56 Å². The predicted octanol–water partition coefficient (Wildman–Crippen LogP) is -1.55. The zero-order chi connectivity index (χ0) is 12.6. The Morgan fingerprint density at radius 2 is 2.35 bits per heavy atom. The minimum atomic E-state index is -0.691. The number of aliphatic hydroxyl groups excluding tert-OH is 1. The van der Waals surface area contributed by atoms with Gasteiger partial charge < -0.3 is 15.6 Å². The maximum atomic E-state index is 11.6. The van der Waals surface area contributed by atoms with Gasteiger partial charge >= 0.3 is 5.69 Å². The fourth-order valence-electron chi connectivity index (χ4n) is 1.90. The Hall–Kier alpha value is -1.44. The van der Waals surface area contributed by atoms with Crippen LogP contribution in [0.3, 0.4) is 0 Å². The first-order valence-electron chi connectivity index (χ1n) is 5.38. The summed E-state index contributed by atoms with van der Waals surface area (Å²) in [5.74, 6) is 0. The van der Waals surface area contributed by atoms with Gasteiger partial charge in [0.05, 0.1) is 12.2 Å². The molecular formula is C10H15N3O4. The monoisotopic (exact) mass is 241 g/mol. The van der Waals surface area contributed by atoms with E-state index in [-0.39, 0.29) is 13.0 Å². The van der Waals surface area contributed by atoms with E-state index in [0.29, 0.717) is 5.56 Å². The molecule has 17 heavy (non-hydrogen) atoms.